The van der Waals surface area contributed by atoms with Crippen molar-refractivity contribution < 1.29 is 19.0 Å². The summed E-state index contributed by atoms with van der Waals surface area (Å²) in [5, 5.41) is 0. The Morgan fingerprint density at radius 1 is 1.29 bits per heavy atom. The predicted molar refractivity (Wildman–Crippen MR) is 88.0 cm³/mol. The summed E-state index contributed by atoms with van der Waals surface area (Å²) in [6, 6.07) is 0.192. The van der Waals surface area contributed by atoms with Crippen molar-refractivity contribution in [1.82, 2.24) is 9.97 Å². The van der Waals surface area contributed by atoms with Crippen molar-refractivity contribution in [3.8, 4) is 6.01 Å². The fourth-order valence-corrected chi connectivity index (χ4v) is 3.00. The topological polar surface area (TPSA) is 99.8 Å². The van der Waals surface area contributed by atoms with Crippen molar-refractivity contribution in [3.05, 3.63) is 5.56 Å². The molecule has 0 radical (unpaired) electrons. The van der Waals surface area contributed by atoms with Gasteiger partial charge in [0, 0.05) is 31.9 Å². The zero-order valence-corrected chi connectivity index (χ0v) is 14.0. The minimum absolute atomic E-state index is 0.0176. The van der Waals surface area contributed by atoms with Gasteiger partial charge in [-0.15, -0.1) is 0 Å². The monoisotopic (exact) mass is 336 g/mol. The number of amides is 1. The molecule has 2 aliphatic heterocycles. The van der Waals surface area contributed by atoms with Gasteiger partial charge in [-0.1, -0.05) is 0 Å². The molecule has 1 saturated heterocycles. The van der Waals surface area contributed by atoms with Gasteiger partial charge in [-0.25, -0.2) is 0 Å². The van der Waals surface area contributed by atoms with Gasteiger partial charge in [0.15, 0.2) is 0 Å². The van der Waals surface area contributed by atoms with Crippen LogP contribution in [-0.4, -0.2) is 55.5 Å². The number of anilines is 2. The van der Waals surface area contributed by atoms with Gasteiger partial charge in [0.25, 0.3) is 0 Å². The fraction of sp³-hybridized carbons (Fsp3) is 0.688. The molecule has 2 N–H and O–H groups in total. The fourth-order valence-electron chi connectivity index (χ4n) is 3.00. The molecule has 0 unspecified atom stereocenters. The van der Waals surface area contributed by atoms with Crippen molar-refractivity contribution in [2.75, 3.05) is 50.2 Å². The number of rotatable bonds is 7. The summed E-state index contributed by atoms with van der Waals surface area (Å²) in [6.07, 6.45) is 2.17. The quantitative estimate of drug-likeness (QED) is 0.735. The molecule has 0 atom stereocenters. The molecule has 0 aliphatic carbocycles. The van der Waals surface area contributed by atoms with E-state index in [4.69, 9.17) is 19.9 Å². The molecule has 0 aromatic carbocycles. The summed E-state index contributed by atoms with van der Waals surface area (Å²) in [6.45, 7) is 5.49. The second kappa shape index (κ2) is 7.76. The van der Waals surface area contributed by atoms with Crippen molar-refractivity contribution >= 4 is 17.5 Å². The van der Waals surface area contributed by atoms with Crippen LogP contribution in [0.15, 0.2) is 0 Å². The summed E-state index contributed by atoms with van der Waals surface area (Å²) in [5.74, 6) is 1.34. The van der Waals surface area contributed by atoms with Gasteiger partial charge in [0.2, 0.25) is 5.91 Å². The molecular weight excluding hydrogens is 312 g/mol. The Morgan fingerprint density at radius 3 is 2.83 bits per heavy atom. The number of hydrogen-bond acceptors (Lipinski definition) is 7. The van der Waals surface area contributed by atoms with Gasteiger partial charge in [-0.3, -0.25) is 9.69 Å². The smallest absolute Gasteiger partial charge is 0.320 e. The molecule has 24 heavy (non-hydrogen) atoms. The maximum atomic E-state index is 12.4. The van der Waals surface area contributed by atoms with Gasteiger partial charge in [-0.2, -0.15) is 9.97 Å². The molecule has 0 bridgehead atoms. The second-order valence-electron chi connectivity index (χ2n) is 5.98. The zero-order valence-electron chi connectivity index (χ0n) is 14.0. The van der Waals surface area contributed by atoms with Crippen LogP contribution in [-0.2, 0) is 20.7 Å². The lowest BCUT2D eigenvalue weighted by atomic mass is 10.00. The van der Waals surface area contributed by atoms with E-state index in [1.54, 1.807) is 4.90 Å². The third-order valence-corrected chi connectivity index (χ3v) is 4.33. The van der Waals surface area contributed by atoms with Crippen molar-refractivity contribution in [3.63, 3.8) is 0 Å². The van der Waals surface area contributed by atoms with Gasteiger partial charge in [0.05, 0.1) is 13.0 Å². The third-order valence-electron chi connectivity index (χ3n) is 4.33. The molecule has 0 saturated carbocycles. The van der Waals surface area contributed by atoms with E-state index < -0.39 is 0 Å². The molecular formula is C16H24N4O4. The zero-order chi connectivity index (χ0) is 16.9. The number of ether oxygens (including phenoxy) is 3. The first-order chi connectivity index (χ1) is 11.7. The Hall–Kier alpha value is -1.93. The normalized spacial score (nSPS) is 18.0. The Balaban J connectivity index is 1.72. The van der Waals surface area contributed by atoms with E-state index in [0.29, 0.717) is 49.5 Å². The molecule has 3 rings (SSSR count). The van der Waals surface area contributed by atoms with Gasteiger partial charge < -0.3 is 19.9 Å². The summed E-state index contributed by atoms with van der Waals surface area (Å²) >= 11 is 0. The molecule has 2 aliphatic rings. The standard InChI is InChI=1S/C16H24N4O4/c1-2-22-7-8-24-16-18-14(17)12-9-13(21)20(15(12)19-16)10-11-3-5-23-6-4-11/h11H,2-10H2,1H3,(H2,17,18,19). The average Bonchev–Trinajstić information content (AvgIpc) is 2.90. The van der Waals surface area contributed by atoms with E-state index in [0.717, 1.165) is 26.1 Å². The first-order valence-electron chi connectivity index (χ1n) is 8.44. The maximum Gasteiger partial charge on any atom is 0.320 e. The number of hydrogen-bond donors (Lipinski definition) is 1. The molecule has 8 nitrogen and oxygen atoms in total. The lowest BCUT2D eigenvalue weighted by Crippen LogP contribution is -2.35. The van der Waals surface area contributed by atoms with Crippen LogP contribution in [0.3, 0.4) is 0 Å². The number of carbonyl (C=O) groups is 1. The second-order valence-corrected chi connectivity index (χ2v) is 5.98. The van der Waals surface area contributed by atoms with Crippen molar-refractivity contribution in [2.24, 2.45) is 5.92 Å². The number of aromatic nitrogens is 2. The van der Waals surface area contributed by atoms with Crippen molar-refractivity contribution in [1.29, 1.82) is 0 Å². The highest BCUT2D eigenvalue weighted by Crippen LogP contribution is 2.33. The van der Waals surface area contributed by atoms with Crippen LogP contribution < -0.4 is 15.4 Å². The van der Waals surface area contributed by atoms with Gasteiger partial charge in [0.1, 0.15) is 18.2 Å². The van der Waals surface area contributed by atoms with E-state index in [1.807, 2.05) is 6.92 Å². The van der Waals surface area contributed by atoms with Crippen LogP contribution in [0, 0.1) is 5.92 Å². The highest BCUT2D eigenvalue weighted by Gasteiger charge is 2.34. The van der Waals surface area contributed by atoms with Crippen LogP contribution in [0.1, 0.15) is 25.3 Å². The van der Waals surface area contributed by atoms with E-state index in [-0.39, 0.29) is 18.3 Å². The van der Waals surface area contributed by atoms with Crippen LogP contribution in [0.5, 0.6) is 6.01 Å². The van der Waals surface area contributed by atoms with Crippen LogP contribution in [0.2, 0.25) is 0 Å². The minimum atomic E-state index is 0.0176. The molecule has 0 spiro atoms. The Kier molecular flexibility index (Phi) is 5.47. The maximum absolute atomic E-state index is 12.4. The molecule has 132 valence electrons. The number of nitrogens with two attached hydrogens (primary N) is 1. The van der Waals surface area contributed by atoms with Crippen LogP contribution in [0.25, 0.3) is 0 Å². The van der Waals surface area contributed by atoms with Gasteiger partial charge in [-0.05, 0) is 25.7 Å². The van der Waals surface area contributed by atoms with Crippen LogP contribution in [0.4, 0.5) is 11.6 Å². The first-order valence-corrected chi connectivity index (χ1v) is 8.44. The van der Waals surface area contributed by atoms with E-state index in [9.17, 15) is 4.79 Å². The SMILES string of the molecule is CCOCCOc1nc(N)c2c(n1)N(CC1CCOCC1)C(=O)C2. The van der Waals surface area contributed by atoms with Crippen molar-refractivity contribution in [2.45, 2.75) is 26.2 Å². The number of nitrogen functional groups attached to an aromatic ring is 1. The Morgan fingerprint density at radius 2 is 2.08 bits per heavy atom. The van der Waals surface area contributed by atoms with E-state index in [2.05, 4.69) is 9.97 Å². The minimum Gasteiger partial charge on any atom is -0.461 e. The number of fused-ring (bicyclic) bond motifs is 1. The Labute approximate surface area is 141 Å². The Bertz CT molecular complexity index is 590. The summed E-state index contributed by atoms with van der Waals surface area (Å²) in [7, 11) is 0. The van der Waals surface area contributed by atoms with Gasteiger partial charge >= 0.3 is 6.01 Å². The number of nitrogens with zero attached hydrogens (tertiary/aromatic N) is 3. The summed E-state index contributed by atoms with van der Waals surface area (Å²) < 4.78 is 16.1. The molecule has 1 aromatic rings. The molecule has 1 aromatic heterocycles. The number of carbonyl (C=O) groups excluding carboxylic acids is 1. The summed E-state index contributed by atoms with van der Waals surface area (Å²) in [5.41, 5.74) is 6.70. The highest BCUT2D eigenvalue weighted by atomic mass is 16.5. The van der Waals surface area contributed by atoms with E-state index in [1.165, 1.54) is 0 Å². The summed E-state index contributed by atoms with van der Waals surface area (Å²) in [4.78, 5) is 22.7. The molecule has 8 heteroatoms. The lowest BCUT2D eigenvalue weighted by Gasteiger charge is -2.27. The van der Waals surface area contributed by atoms with Crippen LogP contribution >= 0.6 is 0 Å². The van der Waals surface area contributed by atoms with E-state index >= 15 is 0 Å². The molecule has 1 amide bonds. The largest absolute Gasteiger partial charge is 0.461 e. The molecule has 3 heterocycles. The molecule has 1 fully saturated rings. The highest BCUT2D eigenvalue weighted by molar-refractivity contribution is 6.01. The average molecular weight is 336 g/mol. The predicted octanol–water partition coefficient (Wildman–Crippen LogP) is 0.790. The third kappa shape index (κ3) is 3.76. The lowest BCUT2D eigenvalue weighted by molar-refractivity contribution is -0.117. The first kappa shape index (κ1) is 16.9.